The summed E-state index contributed by atoms with van der Waals surface area (Å²) in [4.78, 5) is 0. The van der Waals surface area contributed by atoms with Crippen LogP contribution in [-0.4, -0.2) is 11.7 Å². The number of aliphatic hydroxyl groups excluding tert-OH is 1. The highest BCUT2D eigenvalue weighted by molar-refractivity contribution is 5.65. The fourth-order valence-electron chi connectivity index (χ4n) is 2.66. The van der Waals surface area contributed by atoms with Crippen LogP contribution in [0.5, 0.6) is 0 Å². The summed E-state index contributed by atoms with van der Waals surface area (Å²) >= 11 is 0. The molecule has 3 rings (SSSR count). The minimum atomic E-state index is 0.320. The van der Waals surface area contributed by atoms with Crippen LogP contribution in [-0.2, 0) is 0 Å². The Morgan fingerprint density at radius 3 is 2.35 bits per heavy atom. The Bertz CT molecular complexity index is 568. The lowest BCUT2D eigenvalue weighted by atomic mass is 10.0. The lowest BCUT2D eigenvalue weighted by molar-refractivity contribution is 0.278. The molecule has 102 valence electrons. The van der Waals surface area contributed by atoms with E-state index in [1.165, 1.54) is 23.1 Å². The Morgan fingerprint density at radius 2 is 1.65 bits per heavy atom. The summed E-state index contributed by atoms with van der Waals surface area (Å²) in [7, 11) is 0. The van der Waals surface area contributed by atoms with E-state index in [9.17, 15) is 0 Å². The molecule has 1 saturated carbocycles. The fourth-order valence-corrected chi connectivity index (χ4v) is 2.66. The molecule has 0 bridgehead atoms. The summed E-state index contributed by atoms with van der Waals surface area (Å²) in [6, 6.07) is 19.1. The van der Waals surface area contributed by atoms with Crippen LogP contribution in [0.2, 0.25) is 0 Å². The molecule has 1 nitrogen and oxygen atoms in total. The van der Waals surface area contributed by atoms with Gasteiger partial charge in [-0.15, -0.1) is 0 Å². The number of benzene rings is 2. The van der Waals surface area contributed by atoms with Crippen molar-refractivity contribution in [3.8, 4) is 11.1 Å². The highest BCUT2D eigenvalue weighted by Gasteiger charge is 2.33. The van der Waals surface area contributed by atoms with Crippen LogP contribution in [0, 0.1) is 11.8 Å². The van der Waals surface area contributed by atoms with Gasteiger partial charge < -0.3 is 5.11 Å². The highest BCUT2D eigenvalue weighted by atomic mass is 16.3. The standard InChI is InChI=1S/C19H20O/c20-13-12-19-14-18(19)11-8-15-6-9-17(10-7-15)16-4-2-1-3-5-16/h1-11,18-20H,12-14H2/b11-8+/t18-,19+/m1/s1. The summed E-state index contributed by atoms with van der Waals surface area (Å²) in [5, 5.41) is 8.89. The molecule has 1 heteroatoms. The van der Waals surface area contributed by atoms with Crippen molar-refractivity contribution < 1.29 is 5.11 Å². The number of hydrogen-bond donors (Lipinski definition) is 1. The van der Waals surface area contributed by atoms with Gasteiger partial charge >= 0.3 is 0 Å². The van der Waals surface area contributed by atoms with Crippen molar-refractivity contribution >= 4 is 6.08 Å². The Hall–Kier alpha value is -1.86. The normalized spacial score (nSPS) is 21.2. The SMILES string of the molecule is OCC[C@H]1C[C@H]1/C=C/c1ccc(-c2ccccc2)cc1. The van der Waals surface area contributed by atoms with Gasteiger partial charge in [-0.05, 0) is 41.4 Å². The van der Waals surface area contributed by atoms with Gasteiger partial charge in [-0.3, -0.25) is 0 Å². The number of allylic oxidation sites excluding steroid dienone is 1. The lowest BCUT2D eigenvalue weighted by Crippen LogP contribution is -1.85. The van der Waals surface area contributed by atoms with Crippen LogP contribution < -0.4 is 0 Å². The van der Waals surface area contributed by atoms with Crippen molar-refractivity contribution in [1.29, 1.82) is 0 Å². The van der Waals surface area contributed by atoms with E-state index in [0.717, 1.165) is 6.42 Å². The monoisotopic (exact) mass is 264 g/mol. The molecule has 0 aliphatic heterocycles. The maximum absolute atomic E-state index is 8.89. The second-order valence-electron chi connectivity index (χ2n) is 5.52. The Balaban J connectivity index is 1.64. The van der Waals surface area contributed by atoms with Gasteiger partial charge in [-0.1, -0.05) is 66.7 Å². The second-order valence-corrected chi connectivity index (χ2v) is 5.52. The van der Waals surface area contributed by atoms with E-state index in [1.807, 2.05) is 6.07 Å². The topological polar surface area (TPSA) is 20.2 Å². The number of hydrogen-bond acceptors (Lipinski definition) is 1. The van der Waals surface area contributed by atoms with Crippen molar-refractivity contribution in [3.63, 3.8) is 0 Å². The van der Waals surface area contributed by atoms with Gasteiger partial charge in [0.05, 0.1) is 0 Å². The third-order valence-electron chi connectivity index (χ3n) is 4.03. The van der Waals surface area contributed by atoms with E-state index in [0.29, 0.717) is 18.4 Å². The third-order valence-corrected chi connectivity index (χ3v) is 4.03. The molecule has 0 saturated heterocycles. The number of aliphatic hydroxyl groups is 1. The van der Waals surface area contributed by atoms with E-state index in [4.69, 9.17) is 5.11 Å². The van der Waals surface area contributed by atoms with E-state index in [-0.39, 0.29) is 0 Å². The van der Waals surface area contributed by atoms with Crippen LogP contribution in [0.1, 0.15) is 18.4 Å². The summed E-state index contributed by atoms with van der Waals surface area (Å²) in [6.45, 7) is 0.320. The molecule has 1 N–H and O–H groups in total. The van der Waals surface area contributed by atoms with Crippen LogP contribution in [0.25, 0.3) is 17.2 Å². The van der Waals surface area contributed by atoms with E-state index < -0.39 is 0 Å². The van der Waals surface area contributed by atoms with Gasteiger partial charge in [0.25, 0.3) is 0 Å². The maximum Gasteiger partial charge on any atom is 0.0433 e. The van der Waals surface area contributed by atoms with Crippen molar-refractivity contribution in [2.75, 3.05) is 6.61 Å². The third kappa shape index (κ3) is 3.17. The van der Waals surface area contributed by atoms with Gasteiger partial charge in [0, 0.05) is 6.61 Å². The van der Waals surface area contributed by atoms with Gasteiger partial charge in [-0.25, -0.2) is 0 Å². The largest absolute Gasteiger partial charge is 0.396 e. The summed E-state index contributed by atoms with van der Waals surface area (Å²) < 4.78 is 0. The molecule has 0 spiro atoms. The molecule has 0 unspecified atom stereocenters. The van der Waals surface area contributed by atoms with Crippen molar-refractivity contribution in [2.24, 2.45) is 11.8 Å². The molecule has 0 radical (unpaired) electrons. The van der Waals surface area contributed by atoms with Crippen LogP contribution >= 0.6 is 0 Å². The first-order valence-corrected chi connectivity index (χ1v) is 7.31. The molecular weight excluding hydrogens is 244 g/mol. The zero-order valence-corrected chi connectivity index (χ0v) is 11.6. The van der Waals surface area contributed by atoms with Crippen molar-refractivity contribution in [3.05, 3.63) is 66.2 Å². The van der Waals surface area contributed by atoms with Crippen LogP contribution in [0.3, 0.4) is 0 Å². The summed E-state index contributed by atoms with van der Waals surface area (Å²) in [6.07, 6.45) is 6.68. The zero-order chi connectivity index (χ0) is 13.8. The minimum Gasteiger partial charge on any atom is -0.396 e. The Labute approximate surface area is 120 Å². The summed E-state index contributed by atoms with van der Waals surface area (Å²) in [5.74, 6) is 1.38. The average molecular weight is 264 g/mol. The van der Waals surface area contributed by atoms with Crippen LogP contribution in [0.15, 0.2) is 60.7 Å². The van der Waals surface area contributed by atoms with Gasteiger partial charge in [0.1, 0.15) is 0 Å². The Morgan fingerprint density at radius 1 is 0.950 bits per heavy atom. The molecule has 1 aliphatic rings. The smallest absolute Gasteiger partial charge is 0.0433 e. The molecule has 2 atom stereocenters. The van der Waals surface area contributed by atoms with E-state index in [1.54, 1.807) is 0 Å². The lowest BCUT2D eigenvalue weighted by Gasteiger charge is -2.01. The molecule has 2 aromatic rings. The molecule has 2 aromatic carbocycles. The van der Waals surface area contributed by atoms with Gasteiger partial charge in [0.2, 0.25) is 0 Å². The fraction of sp³-hybridized carbons (Fsp3) is 0.263. The number of rotatable bonds is 5. The second kappa shape index (κ2) is 6.06. The Kier molecular flexibility index (Phi) is 3.98. The van der Waals surface area contributed by atoms with Gasteiger partial charge in [-0.2, -0.15) is 0 Å². The quantitative estimate of drug-likeness (QED) is 0.849. The molecular formula is C19H20O. The first kappa shape index (κ1) is 13.1. The first-order chi connectivity index (χ1) is 9.86. The first-order valence-electron chi connectivity index (χ1n) is 7.31. The zero-order valence-electron chi connectivity index (χ0n) is 11.6. The molecule has 1 fully saturated rings. The predicted molar refractivity (Wildman–Crippen MR) is 84.2 cm³/mol. The molecule has 0 amide bonds. The predicted octanol–water partition coefficient (Wildman–Crippen LogP) is 4.39. The van der Waals surface area contributed by atoms with Gasteiger partial charge in [0.15, 0.2) is 0 Å². The van der Waals surface area contributed by atoms with Crippen molar-refractivity contribution in [1.82, 2.24) is 0 Å². The highest BCUT2D eigenvalue weighted by Crippen LogP contribution is 2.42. The average Bonchev–Trinajstić information content (AvgIpc) is 3.25. The maximum atomic E-state index is 8.89. The van der Waals surface area contributed by atoms with Crippen LogP contribution in [0.4, 0.5) is 0 Å². The van der Waals surface area contributed by atoms with Crippen molar-refractivity contribution in [2.45, 2.75) is 12.8 Å². The minimum absolute atomic E-state index is 0.320. The molecule has 0 heterocycles. The molecule has 20 heavy (non-hydrogen) atoms. The molecule has 1 aliphatic carbocycles. The molecule has 0 aromatic heterocycles. The summed E-state index contributed by atoms with van der Waals surface area (Å²) in [5.41, 5.74) is 3.76. The van der Waals surface area contributed by atoms with E-state index in [2.05, 4.69) is 60.7 Å². The van der Waals surface area contributed by atoms with E-state index >= 15 is 0 Å².